The smallest absolute Gasteiger partial charge is 0.148 e. The van der Waals surface area contributed by atoms with Crippen LogP contribution in [0.4, 0.5) is 0 Å². The molecule has 3 unspecified atom stereocenters. The number of aromatic nitrogens is 3. The van der Waals surface area contributed by atoms with Gasteiger partial charge in [0.1, 0.15) is 11.6 Å². The summed E-state index contributed by atoms with van der Waals surface area (Å²) in [4.78, 5) is 0. The molecule has 0 aliphatic heterocycles. The highest BCUT2D eigenvalue weighted by atomic mass is 35.5. The van der Waals surface area contributed by atoms with Gasteiger partial charge in [-0.1, -0.05) is 25.7 Å². The van der Waals surface area contributed by atoms with E-state index in [1.165, 1.54) is 50.8 Å². The van der Waals surface area contributed by atoms with Gasteiger partial charge in [0, 0.05) is 11.5 Å². The molecule has 3 nitrogen and oxygen atoms in total. The van der Waals surface area contributed by atoms with Gasteiger partial charge in [-0.3, -0.25) is 0 Å². The first kappa shape index (κ1) is 15.3. The Balaban J connectivity index is 1.85. The Hall–Kier alpha value is -0.570. The molecule has 1 heterocycles. The van der Waals surface area contributed by atoms with E-state index in [4.69, 9.17) is 11.6 Å². The van der Waals surface area contributed by atoms with Gasteiger partial charge in [-0.05, 0) is 51.9 Å². The largest absolute Gasteiger partial charge is 0.308 e. The van der Waals surface area contributed by atoms with Crippen molar-refractivity contribution in [1.82, 2.24) is 14.8 Å². The highest BCUT2D eigenvalue weighted by molar-refractivity contribution is 6.16. The highest BCUT2D eigenvalue weighted by Gasteiger charge is 2.36. The topological polar surface area (TPSA) is 30.7 Å². The summed E-state index contributed by atoms with van der Waals surface area (Å²) in [6.45, 7) is 6.67. The minimum atomic E-state index is 0.00642. The maximum absolute atomic E-state index is 6.08. The van der Waals surface area contributed by atoms with Crippen LogP contribution in [-0.2, 0) is 11.4 Å². The molecule has 2 saturated carbocycles. The summed E-state index contributed by atoms with van der Waals surface area (Å²) >= 11 is 6.08. The van der Waals surface area contributed by atoms with Gasteiger partial charge in [0.05, 0.1) is 5.88 Å². The number of hydrogen-bond acceptors (Lipinski definition) is 2. The predicted octanol–water partition coefficient (Wildman–Crippen LogP) is 4.85. The Kier molecular flexibility index (Phi) is 4.31. The Morgan fingerprint density at radius 2 is 1.76 bits per heavy atom. The third-order valence-corrected chi connectivity index (χ3v) is 5.69. The number of rotatable bonds is 2. The first-order chi connectivity index (χ1) is 10.0. The third kappa shape index (κ3) is 2.99. The van der Waals surface area contributed by atoms with E-state index in [0.717, 1.165) is 17.7 Å². The van der Waals surface area contributed by atoms with Crippen molar-refractivity contribution in [2.45, 2.75) is 83.1 Å². The van der Waals surface area contributed by atoms with Gasteiger partial charge in [0.25, 0.3) is 0 Å². The van der Waals surface area contributed by atoms with Crippen LogP contribution < -0.4 is 0 Å². The Morgan fingerprint density at radius 3 is 2.43 bits per heavy atom. The van der Waals surface area contributed by atoms with E-state index in [1.807, 2.05) is 0 Å². The molecule has 0 bridgehead atoms. The molecule has 0 amide bonds. The fourth-order valence-electron chi connectivity index (χ4n) is 4.52. The number of nitrogens with zero attached hydrogens (tertiary/aromatic N) is 3. The van der Waals surface area contributed by atoms with Gasteiger partial charge >= 0.3 is 0 Å². The monoisotopic (exact) mass is 309 g/mol. The standard InChI is InChI=1S/C17H28ClN3/c1-17(2,3)21-15(11-18)19-20-16(21)14-9-8-12-6-4-5-7-13(12)10-14/h12-14H,4-11H2,1-3H3. The Labute approximate surface area is 133 Å². The van der Waals surface area contributed by atoms with Crippen molar-refractivity contribution < 1.29 is 0 Å². The molecule has 2 aliphatic carbocycles. The molecule has 2 aliphatic rings. The molecule has 3 atom stereocenters. The van der Waals surface area contributed by atoms with E-state index < -0.39 is 0 Å². The predicted molar refractivity (Wildman–Crippen MR) is 86.6 cm³/mol. The molecule has 0 saturated heterocycles. The number of halogens is 1. The van der Waals surface area contributed by atoms with Gasteiger partial charge in [-0.15, -0.1) is 21.8 Å². The summed E-state index contributed by atoms with van der Waals surface area (Å²) in [6.07, 6.45) is 9.71. The maximum atomic E-state index is 6.08. The second-order valence-electron chi connectivity index (χ2n) is 7.93. The lowest BCUT2D eigenvalue weighted by Gasteiger charge is -2.39. The van der Waals surface area contributed by atoms with Crippen molar-refractivity contribution in [3.05, 3.63) is 11.6 Å². The van der Waals surface area contributed by atoms with E-state index >= 15 is 0 Å². The normalized spacial score (nSPS) is 30.2. The van der Waals surface area contributed by atoms with E-state index in [-0.39, 0.29) is 5.54 Å². The van der Waals surface area contributed by atoms with Crippen molar-refractivity contribution in [1.29, 1.82) is 0 Å². The first-order valence-electron chi connectivity index (χ1n) is 8.51. The van der Waals surface area contributed by atoms with Crippen molar-refractivity contribution in [2.75, 3.05) is 0 Å². The van der Waals surface area contributed by atoms with Gasteiger partial charge in [-0.25, -0.2) is 0 Å². The lowest BCUT2D eigenvalue weighted by molar-refractivity contribution is 0.149. The number of hydrogen-bond donors (Lipinski definition) is 0. The fraction of sp³-hybridized carbons (Fsp3) is 0.882. The molecule has 0 N–H and O–H groups in total. The van der Waals surface area contributed by atoms with Crippen molar-refractivity contribution in [3.63, 3.8) is 0 Å². The molecule has 1 aromatic rings. The van der Waals surface area contributed by atoms with E-state index in [0.29, 0.717) is 11.8 Å². The van der Waals surface area contributed by atoms with Crippen LogP contribution in [-0.4, -0.2) is 14.8 Å². The fourth-order valence-corrected chi connectivity index (χ4v) is 4.69. The summed E-state index contributed by atoms with van der Waals surface area (Å²) in [5.74, 6) is 5.03. The molecule has 0 radical (unpaired) electrons. The Morgan fingerprint density at radius 1 is 1.05 bits per heavy atom. The average Bonchev–Trinajstić information content (AvgIpc) is 2.91. The van der Waals surface area contributed by atoms with Crippen molar-refractivity contribution in [3.8, 4) is 0 Å². The van der Waals surface area contributed by atoms with E-state index in [9.17, 15) is 0 Å². The molecule has 4 heteroatoms. The molecule has 0 aromatic carbocycles. The van der Waals surface area contributed by atoms with Gasteiger partial charge in [0.2, 0.25) is 0 Å². The Bertz CT molecular complexity index is 489. The van der Waals surface area contributed by atoms with Crippen molar-refractivity contribution in [2.24, 2.45) is 11.8 Å². The zero-order chi connectivity index (χ0) is 15.0. The van der Waals surface area contributed by atoms with Crippen LogP contribution in [0.3, 0.4) is 0 Å². The molecule has 1 aromatic heterocycles. The molecule has 0 spiro atoms. The van der Waals surface area contributed by atoms with Crippen LogP contribution >= 0.6 is 11.6 Å². The maximum Gasteiger partial charge on any atom is 0.148 e. The van der Waals surface area contributed by atoms with Crippen LogP contribution in [0.5, 0.6) is 0 Å². The second-order valence-corrected chi connectivity index (χ2v) is 8.20. The minimum Gasteiger partial charge on any atom is -0.308 e. The number of fused-ring (bicyclic) bond motifs is 1. The van der Waals surface area contributed by atoms with E-state index in [1.54, 1.807) is 0 Å². The first-order valence-corrected chi connectivity index (χ1v) is 9.04. The molecule has 2 fully saturated rings. The van der Waals surface area contributed by atoms with Crippen LogP contribution in [0.2, 0.25) is 0 Å². The summed E-state index contributed by atoms with van der Waals surface area (Å²) in [5, 5.41) is 8.90. The summed E-state index contributed by atoms with van der Waals surface area (Å²) in [6, 6.07) is 0. The zero-order valence-corrected chi connectivity index (χ0v) is 14.4. The molecule has 118 valence electrons. The van der Waals surface area contributed by atoms with Crippen LogP contribution in [0.25, 0.3) is 0 Å². The number of alkyl halides is 1. The second kappa shape index (κ2) is 5.91. The molecular formula is C17H28ClN3. The summed E-state index contributed by atoms with van der Waals surface area (Å²) in [5.41, 5.74) is 0.00642. The minimum absolute atomic E-state index is 0.00642. The van der Waals surface area contributed by atoms with Gasteiger partial charge < -0.3 is 4.57 Å². The SMILES string of the molecule is CC(C)(C)n1c(CCl)nnc1C1CCC2CCCCC2C1. The van der Waals surface area contributed by atoms with Crippen molar-refractivity contribution >= 4 is 11.6 Å². The van der Waals surface area contributed by atoms with Gasteiger partial charge in [0.15, 0.2) is 0 Å². The zero-order valence-electron chi connectivity index (χ0n) is 13.6. The molecule has 3 rings (SSSR count). The molecular weight excluding hydrogens is 282 g/mol. The quantitative estimate of drug-likeness (QED) is 0.731. The lowest BCUT2D eigenvalue weighted by atomic mass is 9.67. The van der Waals surface area contributed by atoms with Crippen LogP contribution in [0.1, 0.15) is 83.3 Å². The van der Waals surface area contributed by atoms with E-state index in [2.05, 4.69) is 35.5 Å². The van der Waals surface area contributed by atoms with Crippen LogP contribution in [0.15, 0.2) is 0 Å². The lowest BCUT2D eigenvalue weighted by Crippen LogP contribution is -2.31. The molecule has 21 heavy (non-hydrogen) atoms. The third-order valence-electron chi connectivity index (χ3n) is 5.45. The summed E-state index contributed by atoms with van der Waals surface area (Å²) in [7, 11) is 0. The average molecular weight is 310 g/mol. The highest BCUT2D eigenvalue weighted by Crippen LogP contribution is 2.46. The van der Waals surface area contributed by atoms with Gasteiger partial charge in [-0.2, -0.15) is 0 Å². The van der Waals surface area contributed by atoms with Crippen LogP contribution in [0, 0.1) is 11.8 Å². The summed E-state index contributed by atoms with van der Waals surface area (Å²) < 4.78 is 2.30.